The van der Waals surface area contributed by atoms with Crippen LogP contribution in [-0.2, 0) is 22.1 Å². The van der Waals surface area contributed by atoms with Crippen molar-refractivity contribution in [3.8, 4) is 0 Å². The first-order chi connectivity index (χ1) is 9.36. The van der Waals surface area contributed by atoms with Crippen LogP contribution in [0.15, 0.2) is 18.2 Å². The van der Waals surface area contributed by atoms with Gasteiger partial charge in [-0.2, -0.15) is 0 Å². The second-order valence-corrected chi connectivity index (χ2v) is 6.60. The van der Waals surface area contributed by atoms with Gasteiger partial charge < -0.3 is 5.32 Å². The van der Waals surface area contributed by atoms with Crippen LogP contribution in [0.2, 0.25) is 0 Å². The molecule has 1 amide bonds. The normalized spacial score (nSPS) is 12.4. The third-order valence-corrected chi connectivity index (χ3v) is 3.90. The molecule has 0 aliphatic carbocycles. The van der Waals surface area contributed by atoms with E-state index in [2.05, 4.69) is 5.32 Å². The van der Waals surface area contributed by atoms with Crippen molar-refractivity contribution in [3.05, 3.63) is 35.4 Å². The van der Waals surface area contributed by atoms with Gasteiger partial charge in [-0.25, -0.2) is 8.78 Å². The molecule has 0 spiro atoms. The SMILES string of the molecule is CC(C)CC[S@](=O)CC(=O)NCc1cc(F)cc(F)c1. The number of hydrogen-bond acceptors (Lipinski definition) is 2. The van der Waals surface area contributed by atoms with Gasteiger partial charge in [0.05, 0.1) is 0 Å². The maximum atomic E-state index is 12.9. The summed E-state index contributed by atoms with van der Waals surface area (Å²) in [6, 6.07) is 3.07. The van der Waals surface area contributed by atoms with E-state index in [9.17, 15) is 17.8 Å². The van der Waals surface area contributed by atoms with Gasteiger partial charge in [-0.05, 0) is 30.0 Å². The lowest BCUT2D eigenvalue weighted by Crippen LogP contribution is -2.28. The van der Waals surface area contributed by atoms with Crippen LogP contribution in [0.25, 0.3) is 0 Å². The first-order valence-corrected chi connectivity index (χ1v) is 7.92. The maximum absolute atomic E-state index is 12.9. The number of carbonyl (C=O) groups excluding carboxylic acids is 1. The summed E-state index contributed by atoms with van der Waals surface area (Å²) >= 11 is 0. The summed E-state index contributed by atoms with van der Waals surface area (Å²) in [5.74, 6) is -0.900. The van der Waals surface area contributed by atoms with Gasteiger partial charge in [-0.1, -0.05) is 13.8 Å². The van der Waals surface area contributed by atoms with Crippen LogP contribution in [0.1, 0.15) is 25.8 Å². The van der Waals surface area contributed by atoms with Gasteiger partial charge in [0.1, 0.15) is 17.4 Å². The molecule has 0 bridgehead atoms. The van der Waals surface area contributed by atoms with Gasteiger partial charge in [0.2, 0.25) is 5.91 Å². The summed E-state index contributed by atoms with van der Waals surface area (Å²) in [6.45, 7) is 4.07. The Labute approximate surface area is 120 Å². The van der Waals surface area contributed by atoms with E-state index in [1.807, 2.05) is 13.8 Å². The molecule has 0 aliphatic heterocycles. The quantitative estimate of drug-likeness (QED) is 0.840. The van der Waals surface area contributed by atoms with Crippen LogP contribution in [0, 0.1) is 17.6 Å². The number of amides is 1. The molecular formula is C14H19F2NO2S. The van der Waals surface area contributed by atoms with Crippen molar-refractivity contribution in [2.45, 2.75) is 26.8 Å². The lowest BCUT2D eigenvalue weighted by molar-refractivity contribution is -0.118. The molecule has 6 heteroatoms. The number of rotatable bonds is 7. The van der Waals surface area contributed by atoms with Crippen molar-refractivity contribution in [1.82, 2.24) is 5.32 Å². The van der Waals surface area contributed by atoms with Crippen molar-refractivity contribution in [2.24, 2.45) is 5.92 Å². The zero-order valence-electron chi connectivity index (χ0n) is 11.6. The Morgan fingerprint density at radius 3 is 2.40 bits per heavy atom. The van der Waals surface area contributed by atoms with E-state index in [-0.39, 0.29) is 18.2 Å². The third kappa shape index (κ3) is 6.75. The van der Waals surface area contributed by atoms with E-state index >= 15 is 0 Å². The predicted molar refractivity (Wildman–Crippen MR) is 75.5 cm³/mol. The minimum Gasteiger partial charge on any atom is -0.351 e. The zero-order chi connectivity index (χ0) is 15.1. The van der Waals surface area contributed by atoms with Crippen molar-refractivity contribution >= 4 is 16.7 Å². The fraction of sp³-hybridized carbons (Fsp3) is 0.500. The lowest BCUT2D eigenvalue weighted by atomic mass is 10.2. The number of benzene rings is 1. The summed E-state index contributed by atoms with van der Waals surface area (Å²) in [6.07, 6.45) is 0.801. The Bertz CT molecular complexity index is 472. The Kier molecular flexibility index (Phi) is 6.78. The molecule has 1 atom stereocenters. The summed E-state index contributed by atoms with van der Waals surface area (Å²) < 4.78 is 37.5. The second-order valence-electron chi connectivity index (χ2n) is 5.03. The number of halogens is 2. The van der Waals surface area contributed by atoms with E-state index in [4.69, 9.17) is 0 Å². The summed E-state index contributed by atoms with van der Waals surface area (Å²) in [7, 11) is -1.20. The lowest BCUT2D eigenvalue weighted by Gasteiger charge is -2.07. The van der Waals surface area contributed by atoms with Gasteiger partial charge in [0.15, 0.2) is 0 Å². The van der Waals surface area contributed by atoms with Crippen LogP contribution in [-0.4, -0.2) is 21.6 Å². The van der Waals surface area contributed by atoms with Gasteiger partial charge in [-0.3, -0.25) is 9.00 Å². The minimum absolute atomic E-state index is 0.0227. The van der Waals surface area contributed by atoms with Crippen molar-refractivity contribution in [1.29, 1.82) is 0 Å². The standard InChI is InChI=1S/C14H19F2NO2S/c1-10(2)3-4-20(19)9-14(18)17-8-11-5-12(15)7-13(16)6-11/h5-7,10H,3-4,8-9H2,1-2H3,(H,17,18)/t20-/m0/s1. The predicted octanol–water partition coefficient (Wildman–Crippen LogP) is 2.38. The monoisotopic (exact) mass is 303 g/mol. The van der Waals surface area contributed by atoms with Crippen LogP contribution in [0.3, 0.4) is 0 Å². The second kappa shape index (κ2) is 8.09. The molecule has 0 aliphatic rings. The average molecular weight is 303 g/mol. The molecule has 20 heavy (non-hydrogen) atoms. The highest BCUT2D eigenvalue weighted by atomic mass is 32.2. The highest BCUT2D eigenvalue weighted by Gasteiger charge is 2.09. The van der Waals surface area contributed by atoms with Crippen molar-refractivity contribution in [2.75, 3.05) is 11.5 Å². The highest BCUT2D eigenvalue weighted by molar-refractivity contribution is 7.85. The number of hydrogen-bond donors (Lipinski definition) is 1. The van der Waals surface area contributed by atoms with E-state index in [1.54, 1.807) is 0 Å². The zero-order valence-corrected chi connectivity index (χ0v) is 12.4. The fourth-order valence-electron chi connectivity index (χ4n) is 1.55. The molecule has 3 nitrogen and oxygen atoms in total. The number of nitrogens with one attached hydrogen (secondary N) is 1. The Hall–Kier alpha value is -1.30. The Balaban J connectivity index is 2.37. The molecule has 1 aromatic rings. The molecule has 0 fully saturated rings. The molecule has 0 aromatic heterocycles. The van der Waals surface area contributed by atoms with Crippen LogP contribution < -0.4 is 5.32 Å². The molecule has 0 saturated heterocycles. The fourth-order valence-corrected chi connectivity index (χ4v) is 2.82. The largest absolute Gasteiger partial charge is 0.351 e. The van der Waals surface area contributed by atoms with Crippen LogP contribution in [0.5, 0.6) is 0 Å². The third-order valence-electron chi connectivity index (χ3n) is 2.63. The topological polar surface area (TPSA) is 46.2 Å². The Morgan fingerprint density at radius 2 is 1.85 bits per heavy atom. The van der Waals surface area contributed by atoms with E-state index in [0.29, 0.717) is 17.2 Å². The van der Waals surface area contributed by atoms with Crippen molar-refractivity contribution < 1.29 is 17.8 Å². The first kappa shape index (κ1) is 16.8. The molecule has 0 saturated carbocycles. The first-order valence-electron chi connectivity index (χ1n) is 6.43. The summed E-state index contributed by atoms with van der Waals surface area (Å²) in [5, 5.41) is 2.51. The van der Waals surface area contributed by atoms with E-state index in [1.165, 1.54) is 0 Å². The van der Waals surface area contributed by atoms with Gasteiger partial charge in [-0.15, -0.1) is 0 Å². The Morgan fingerprint density at radius 1 is 1.25 bits per heavy atom. The molecule has 0 radical (unpaired) electrons. The number of carbonyl (C=O) groups is 1. The summed E-state index contributed by atoms with van der Waals surface area (Å²) in [4.78, 5) is 11.5. The average Bonchev–Trinajstić information content (AvgIpc) is 2.33. The van der Waals surface area contributed by atoms with E-state index < -0.39 is 22.4 Å². The van der Waals surface area contributed by atoms with Gasteiger partial charge in [0.25, 0.3) is 0 Å². The van der Waals surface area contributed by atoms with E-state index in [0.717, 1.165) is 24.6 Å². The van der Waals surface area contributed by atoms with Crippen LogP contribution in [0.4, 0.5) is 8.78 Å². The molecule has 1 aromatic carbocycles. The van der Waals surface area contributed by atoms with Crippen molar-refractivity contribution in [3.63, 3.8) is 0 Å². The molecule has 1 N–H and O–H groups in total. The molecular weight excluding hydrogens is 284 g/mol. The maximum Gasteiger partial charge on any atom is 0.232 e. The smallest absolute Gasteiger partial charge is 0.232 e. The molecule has 1 rings (SSSR count). The van der Waals surface area contributed by atoms with Gasteiger partial charge in [0, 0.05) is 29.2 Å². The minimum atomic E-state index is -1.20. The summed E-state index contributed by atoms with van der Waals surface area (Å²) in [5.41, 5.74) is 0.337. The highest BCUT2D eigenvalue weighted by Crippen LogP contribution is 2.07. The van der Waals surface area contributed by atoms with Gasteiger partial charge >= 0.3 is 0 Å². The van der Waals surface area contributed by atoms with Crippen LogP contribution >= 0.6 is 0 Å². The molecule has 0 unspecified atom stereocenters. The molecule has 112 valence electrons. The molecule has 0 heterocycles.